The van der Waals surface area contributed by atoms with E-state index in [2.05, 4.69) is 29.5 Å². The third kappa shape index (κ3) is 9.54. The number of nitriles is 1. The van der Waals surface area contributed by atoms with Gasteiger partial charge in [0.15, 0.2) is 0 Å². The number of carbonyl (C=O) groups excluding carboxylic acids is 1. The van der Waals surface area contributed by atoms with E-state index in [-0.39, 0.29) is 19.8 Å². The molecule has 0 fully saturated rings. The number of esters is 1. The fourth-order valence-corrected chi connectivity index (χ4v) is 1.43. The van der Waals surface area contributed by atoms with Gasteiger partial charge in [-0.1, -0.05) is 12.2 Å². The van der Waals surface area contributed by atoms with E-state index in [1.165, 1.54) is 0 Å². The molecule has 2 aromatic carbocycles. The van der Waals surface area contributed by atoms with Gasteiger partial charge in [0.25, 0.3) is 0 Å². The summed E-state index contributed by atoms with van der Waals surface area (Å²) >= 11 is 0. The van der Waals surface area contributed by atoms with E-state index in [1.807, 2.05) is 13.0 Å². The maximum atomic E-state index is 11.7. The summed E-state index contributed by atoms with van der Waals surface area (Å²) < 4.78 is 5.14. The summed E-state index contributed by atoms with van der Waals surface area (Å²) in [6.07, 6.45) is 0. The SMILES string of the molecule is C=C(C)COO[CH2-].N#Cc1ccc(OC(=O)c2cc[c-]cc2)cc1.[Os+2]. The summed E-state index contributed by atoms with van der Waals surface area (Å²) in [5, 5.41) is 8.63. The van der Waals surface area contributed by atoms with Crippen LogP contribution < -0.4 is 4.74 Å². The predicted octanol–water partition coefficient (Wildman–Crippen LogP) is 3.88. The van der Waals surface area contributed by atoms with Gasteiger partial charge in [0.1, 0.15) is 5.75 Å². The third-order valence-corrected chi connectivity index (χ3v) is 2.54. The molecular formula is C19H17NO4Os. The predicted molar refractivity (Wildman–Crippen MR) is 88.6 cm³/mol. The second-order valence-corrected chi connectivity index (χ2v) is 4.65. The van der Waals surface area contributed by atoms with Gasteiger partial charge in [-0.15, -0.1) is 0 Å². The molecule has 6 heteroatoms. The van der Waals surface area contributed by atoms with Gasteiger partial charge in [0.05, 0.1) is 18.2 Å². The van der Waals surface area contributed by atoms with E-state index in [0.717, 1.165) is 5.57 Å². The molecule has 0 aliphatic carbocycles. The second-order valence-electron chi connectivity index (χ2n) is 4.65. The van der Waals surface area contributed by atoms with Gasteiger partial charge in [0, 0.05) is 0 Å². The Labute approximate surface area is 160 Å². The van der Waals surface area contributed by atoms with E-state index in [1.54, 1.807) is 48.5 Å². The average molecular weight is 514 g/mol. The van der Waals surface area contributed by atoms with Crippen LogP contribution in [0.3, 0.4) is 0 Å². The molecule has 0 aromatic heterocycles. The fraction of sp³-hybridized carbons (Fsp3) is 0.105. The average Bonchev–Trinajstić information content (AvgIpc) is 2.62. The van der Waals surface area contributed by atoms with Crippen LogP contribution in [-0.4, -0.2) is 12.6 Å². The van der Waals surface area contributed by atoms with Gasteiger partial charge < -0.3 is 9.62 Å². The zero-order valence-electron chi connectivity index (χ0n) is 13.7. The van der Waals surface area contributed by atoms with Crippen LogP contribution in [0.1, 0.15) is 22.8 Å². The van der Waals surface area contributed by atoms with Crippen molar-refractivity contribution in [1.29, 1.82) is 5.26 Å². The molecule has 0 saturated heterocycles. The van der Waals surface area contributed by atoms with Crippen LogP contribution in [-0.2, 0) is 29.6 Å². The molecule has 0 spiro atoms. The minimum absolute atomic E-state index is 0. The smallest absolute Gasteiger partial charge is 0.424 e. The molecule has 5 nitrogen and oxygen atoms in total. The topological polar surface area (TPSA) is 68.6 Å². The maximum Gasteiger partial charge on any atom is 2.00 e. The zero-order valence-corrected chi connectivity index (χ0v) is 16.2. The van der Waals surface area contributed by atoms with Crippen LogP contribution in [0.15, 0.2) is 60.7 Å². The Hall–Kier alpha value is -2.30. The number of rotatable bonds is 5. The summed E-state index contributed by atoms with van der Waals surface area (Å²) in [7, 11) is 2.99. The third-order valence-electron chi connectivity index (χ3n) is 2.54. The van der Waals surface area contributed by atoms with Crippen LogP contribution >= 0.6 is 0 Å². The molecule has 0 unspecified atom stereocenters. The summed E-state index contributed by atoms with van der Waals surface area (Å²) in [5.41, 5.74) is 1.91. The van der Waals surface area contributed by atoms with Gasteiger partial charge in [-0.3, -0.25) is 4.89 Å². The maximum absolute atomic E-state index is 11.7. The van der Waals surface area contributed by atoms with Crippen molar-refractivity contribution in [2.45, 2.75) is 6.92 Å². The van der Waals surface area contributed by atoms with Crippen molar-refractivity contribution in [1.82, 2.24) is 0 Å². The molecule has 0 amide bonds. The first-order valence-electron chi connectivity index (χ1n) is 6.93. The minimum Gasteiger partial charge on any atom is -0.424 e. The molecule has 0 heterocycles. The van der Waals surface area contributed by atoms with Crippen molar-refractivity contribution in [2.24, 2.45) is 0 Å². The number of hydrogen-bond donors (Lipinski definition) is 0. The molecule has 0 saturated carbocycles. The minimum atomic E-state index is -0.427. The summed E-state index contributed by atoms with van der Waals surface area (Å²) in [6, 6.07) is 17.8. The van der Waals surface area contributed by atoms with E-state index >= 15 is 0 Å². The number of nitrogens with zero attached hydrogens (tertiary/aromatic N) is 1. The Morgan fingerprint density at radius 3 is 2.28 bits per heavy atom. The molecule has 0 atom stereocenters. The molecule has 0 aliphatic heterocycles. The normalized spacial score (nSPS) is 8.84. The van der Waals surface area contributed by atoms with E-state index in [4.69, 9.17) is 10.00 Å². The molecule has 0 aliphatic rings. The van der Waals surface area contributed by atoms with Crippen molar-refractivity contribution in [3.8, 4) is 11.8 Å². The Balaban J connectivity index is 0.000000620. The van der Waals surface area contributed by atoms with Gasteiger partial charge in [0.2, 0.25) is 0 Å². The van der Waals surface area contributed by atoms with Crippen LogP contribution in [0.4, 0.5) is 0 Å². The molecule has 130 valence electrons. The Kier molecular flexibility index (Phi) is 11.8. The van der Waals surface area contributed by atoms with Crippen LogP contribution in [0.2, 0.25) is 0 Å². The molecule has 2 rings (SSSR count). The van der Waals surface area contributed by atoms with Gasteiger partial charge in [-0.2, -0.15) is 42.7 Å². The second kappa shape index (κ2) is 13.0. The fourth-order valence-electron chi connectivity index (χ4n) is 1.43. The van der Waals surface area contributed by atoms with Crippen molar-refractivity contribution in [3.05, 3.63) is 85.0 Å². The standard InChI is InChI=1S/C14H8NO2.C5H9O2.Os/c15-10-11-6-8-13(9-7-11)17-14(16)12-4-2-1-3-5-12;1-5(2)4-7-6-3;/h2-9H;1,3-4H2,2H3;/q2*-1;+2. The van der Waals surface area contributed by atoms with Crippen molar-refractivity contribution in [2.75, 3.05) is 6.61 Å². The zero-order chi connectivity index (χ0) is 17.8. The molecule has 2 aromatic rings. The first kappa shape index (κ1) is 22.7. The van der Waals surface area contributed by atoms with Crippen molar-refractivity contribution < 1.29 is 39.1 Å². The van der Waals surface area contributed by atoms with Crippen molar-refractivity contribution in [3.63, 3.8) is 0 Å². The van der Waals surface area contributed by atoms with Crippen LogP contribution in [0.5, 0.6) is 5.75 Å². The number of ether oxygens (including phenoxy) is 1. The molecular weight excluding hydrogens is 496 g/mol. The molecule has 25 heavy (non-hydrogen) atoms. The van der Waals surface area contributed by atoms with E-state index < -0.39 is 5.97 Å². The monoisotopic (exact) mass is 515 g/mol. The summed E-state index contributed by atoms with van der Waals surface area (Å²) in [4.78, 5) is 20.1. The number of benzene rings is 2. The van der Waals surface area contributed by atoms with E-state index in [9.17, 15) is 4.79 Å². The largest absolute Gasteiger partial charge is 2.00 e. The summed E-state index contributed by atoms with van der Waals surface area (Å²) in [6.45, 7) is 5.83. The van der Waals surface area contributed by atoms with Gasteiger partial charge in [-0.25, -0.2) is 4.79 Å². The Bertz CT molecular complexity index is 694. The van der Waals surface area contributed by atoms with E-state index in [0.29, 0.717) is 23.5 Å². The van der Waals surface area contributed by atoms with Crippen LogP contribution in [0.25, 0.3) is 0 Å². The molecule has 0 radical (unpaired) electrons. The molecule has 0 bridgehead atoms. The summed E-state index contributed by atoms with van der Waals surface area (Å²) in [5.74, 6) is -0.00876. The van der Waals surface area contributed by atoms with Gasteiger partial charge in [-0.05, 0) is 36.8 Å². The number of hydrogen-bond acceptors (Lipinski definition) is 5. The van der Waals surface area contributed by atoms with Crippen molar-refractivity contribution >= 4 is 5.97 Å². The molecule has 0 N–H and O–H groups in total. The Morgan fingerprint density at radius 1 is 1.24 bits per heavy atom. The number of carbonyl (C=O) groups is 1. The Morgan fingerprint density at radius 2 is 1.84 bits per heavy atom. The van der Waals surface area contributed by atoms with Crippen LogP contribution in [0, 0.1) is 24.5 Å². The van der Waals surface area contributed by atoms with Gasteiger partial charge >= 0.3 is 25.8 Å². The first-order chi connectivity index (χ1) is 11.6. The quantitative estimate of drug-likeness (QED) is 0.152. The first-order valence-corrected chi connectivity index (χ1v) is 6.93.